The Hall–Kier alpha value is -0.570. The second-order valence-corrected chi connectivity index (χ2v) is 6.98. The molecule has 1 amide bonds. The lowest BCUT2D eigenvalue weighted by Crippen LogP contribution is -2.47. The fraction of sp³-hybridized carbons (Fsp3) is 0.941. The average Bonchev–Trinajstić information content (AvgIpc) is 2.49. The van der Waals surface area contributed by atoms with Crippen molar-refractivity contribution in [3.8, 4) is 0 Å². The van der Waals surface area contributed by atoms with Crippen LogP contribution in [0.1, 0.15) is 65.2 Å². The van der Waals surface area contributed by atoms with Crippen molar-refractivity contribution < 1.29 is 4.79 Å². The molecule has 0 radical (unpaired) electrons. The molecule has 1 atom stereocenters. The van der Waals surface area contributed by atoms with Gasteiger partial charge in [0.1, 0.15) is 0 Å². The van der Waals surface area contributed by atoms with E-state index in [0.29, 0.717) is 5.91 Å². The number of likely N-dealkylation sites (tertiary alicyclic amines) is 1. The van der Waals surface area contributed by atoms with E-state index in [9.17, 15) is 4.79 Å². The highest BCUT2D eigenvalue weighted by Crippen LogP contribution is 2.29. The molecule has 3 heteroatoms. The normalized spacial score (nSPS) is 29.2. The van der Waals surface area contributed by atoms with Crippen LogP contribution in [0.25, 0.3) is 0 Å². The first-order chi connectivity index (χ1) is 9.66. The number of piperidine rings is 1. The van der Waals surface area contributed by atoms with Gasteiger partial charge < -0.3 is 10.2 Å². The van der Waals surface area contributed by atoms with Crippen molar-refractivity contribution in [1.82, 2.24) is 10.2 Å². The highest BCUT2D eigenvalue weighted by molar-refractivity contribution is 5.81. The quantitative estimate of drug-likeness (QED) is 0.839. The summed E-state index contributed by atoms with van der Waals surface area (Å²) in [6, 6.07) is -0.00406. The number of rotatable bonds is 5. The van der Waals surface area contributed by atoms with E-state index in [-0.39, 0.29) is 6.04 Å². The minimum absolute atomic E-state index is 0.00406. The van der Waals surface area contributed by atoms with Crippen molar-refractivity contribution in [1.29, 1.82) is 0 Å². The molecule has 2 fully saturated rings. The predicted molar refractivity (Wildman–Crippen MR) is 83.6 cm³/mol. The van der Waals surface area contributed by atoms with E-state index in [2.05, 4.69) is 12.2 Å². The van der Waals surface area contributed by atoms with Gasteiger partial charge in [0.15, 0.2) is 0 Å². The minimum atomic E-state index is -0.00406. The van der Waals surface area contributed by atoms with Gasteiger partial charge in [-0.15, -0.1) is 0 Å². The Morgan fingerprint density at radius 3 is 2.45 bits per heavy atom. The molecule has 2 aliphatic rings. The topological polar surface area (TPSA) is 32.3 Å². The van der Waals surface area contributed by atoms with Gasteiger partial charge >= 0.3 is 0 Å². The van der Waals surface area contributed by atoms with Crippen LogP contribution in [0.5, 0.6) is 0 Å². The van der Waals surface area contributed by atoms with Crippen LogP contribution in [0.4, 0.5) is 0 Å². The van der Waals surface area contributed by atoms with E-state index in [1.54, 1.807) is 0 Å². The Morgan fingerprint density at radius 1 is 1.15 bits per heavy atom. The fourth-order valence-corrected chi connectivity index (χ4v) is 3.60. The second kappa shape index (κ2) is 8.02. The van der Waals surface area contributed by atoms with Gasteiger partial charge in [0.25, 0.3) is 0 Å². The van der Waals surface area contributed by atoms with Gasteiger partial charge in [-0.1, -0.05) is 32.6 Å². The molecule has 0 aromatic carbocycles. The lowest BCUT2D eigenvalue weighted by Gasteiger charge is -2.30. The number of carbonyl (C=O) groups is 1. The van der Waals surface area contributed by atoms with E-state index in [4.69, 9.17) is 0 Å². The third-order valence-electron chi connectivity index (χ3n) is 5.18. The van der Waals surface area contributed by atoms with Gasteiger partial charge in [0.05, 0.1) is 6.04 Å². The van der Waals surface area contributed by atoms with Crippen LogP contribution in [0.15, 0.2) is 0 Å². The molecule has 1 saturated carbocycles. The molecule has 0 bridgehead atoms. The molecule has 1 aliphatic carbocycles. The van der Waals surface area contributed by atoms with Crippen LogP contribution in [0.2, 0.25) is 0 Å². The number of nitrogens with one attached hydrogen (secondary N) is 1. The lowest BCUT2D eigenvalue weighted by atomic mass is 9.81. The summed E-state index contributed by atoms with van der Waals surface area (Å²) in [5.74, 6) is 2.12. The van der Waals surface area contributed by atoms with Crippen molar-refractivity contribution in [2.45, 2.75) is 71.3 Å². The van der Waals surface area contributed by atoms with Gasteiger partial charge in [-0.05, 0) is 51.0 Å². The first kappa shape index (κ1) is 15.8. The highest BCUT2D eigenvalue weighted by Gasteiger charge is 2.22. The summed E-state index contributed by atoms with van der Waals surface area (Å²) < 4.78 is 0. The van der Waals surface area contributed by atoms with Crippen molar-refractivity contribution in [3.05, 3.63) is 0 Å². The maximum atomic E-state index is 12.3. The molecule has 1 saturated heterocycles. The Labute approximate surface area is 124 Å². The molecule has 0 spiro atoms. The average molecular weight is 280 g/mol. The van der Waals surface area contributed by atoms with Gasteiger partial charge in [0, 0.05) is 13.1 Å². The zero-order chi connectivity index (χ0) is 14.4. The first-order valence-electron chi connectivity index (χ1n) is 8.69. The third-order valence-corrected chi connectivity index (χ3v) is 5.18. The fourth-order valence-electron chi connectivity index (χ4n) is 3.60. The zero-order valence-corrected chi connectivity index (χ0v) is 13.4. The van der Waals surface area contributed by atoms with E-state index >= 15 is 0 Å². The molecule has 0 aromatic rings. The van der Waals surface area contributed by atoms with Crippen LogP contribution in [0, 0.1) is 11.8 Å². The van der Waals surface area contributed by atoms with E-state index in [1.807, 2.05) is 11.8 Å². The molecular formula is C17H32N2O. The molecule has 0 aromatic heterocycles. The number of amides is 1. The number of carbonyl (C=O) groups excluding carboxylic acids is 1. The standard InChI is InChI=1S/C17H32N2O/c1-14-6-8-16(9-7-14)10-11-18-15(2)17(20)19-12-4-3-5-13-19/h14-16,18H,3-13H2,1-2H3. The van der Waals surface area contributed by atoms with Crippen LogP contribution in [0.3, 0.4) is 0 Å². The second-order valence-electron chi connectivity index (χ2n) is 6.98. The molecule has 1 heterocycles. The van der Waals surface area contributed by atoms with E-state index in [1.165, 1.54) is 51.4 Å². The molecule has 20 heavy (non-hydrogen) atoms. The molecule has 3 nitrogen and oxygen atoms in total. The van der Waals surface area contributed by atoms with Crippen LogP contribution < -0.4 is 5.32 Å². The summed E-state index contributed by atoms with van der Waals surface area (Å²) in [7, 11) is 0. The van der Waals surface area contributed by atoms with Crippen LogP contribution >= 0.6 is 0 Å². The predicted octanol–water partition coefficient (Wildman–Crippen LogP) is 3.19. The molecular weight excluding hydrogens is 248 g/mol. The van der Waals surface area contributed by atoms with E-state index < -0.39 is 0 Å². The lowest BCUT2D eigenvalue weighted by molar-refractivity contribution is -0.133. The van der Waals surface area contributed by atoms with Crippen LogP contribution in [-0.4, -0.2) is 36.5 Å². The molecule has 116 valence electrons. The number of hydrogen-bond acceptors (Lipinski definition) is 2. The smallest absolute Gasteiger partial charge is 0.239 e. The summed E-state index contributed by atoms with van der Waals surface area (Å²) >= 11 is 0. The Kier molecular flexibility index (Phi) is 6.34. The molecule has 1 unspecified atom stereocenters. The maximum absolute atomic E-state index is 12.3. The van der Waals surface area contributed by atoms with Gasteiger partial charge in [-0.3, -0.25) is 4.79 Å². The number of nitrogens with zero attached hydrogens (tertiary/aromatic N) is 1. The van der Waals surface area contributed by atoms with Gasteiger partial charge in [0.2, 0.25) is 5.91 Å². The molecule has 1 aliphatic heterocycles. The van der Waals surface area contributed by atoms with Gasteiger partial charge in [-0.2, -0.15) is 0 Å². The van der Waals surface area contributed by atoms with Gasteiger partial charge in [-0.25, -0.2) is 0 Å². The maximum Gasteiger partial charge on any atom is 0.239 e. The SMILES string of the molecule is CC1CCC(CCNC(C)C(=O)N2CCCCC2)CC1. The summed E-state index contributed by atoms with van der Waals surface area (Å²) in [5.41, 5.74) is 0. The first-order valence-corrected chi connectivity index (χ1v) is 8.69. The number of hydrogen-bond donors (Lipinski definition) is 1. The summed E-state index contributed by atoms with van der Waals surface area (Å²) in [6.45, 7) is 7.32. The van der Waals surface area contributed by atoms with Crippen molar-refractivity contribution in [2.75, 3.05) is 19.6 Å². The van der Waals surface area contributed by atoms with E-state index in [0.717, 1.165) is 31.5 Å². The van der Waals surface area contributed by atoms with Crippen molar-refractivity contribution in [2.24, 2.45) is 11.8 Å². The summed E-state index contributed by atoms with van der Waals surface area (Å²) in [6.07, 6.45) is 10.4. The minimum Gasteiger partial charge on any atom is -0.341 e. The zero-order valence-electron chi connectivity index (χ0n) is 13.4. The Morgan fingerprint density at radius 2 is 1.80 bits per heavy atom. The molecule has 2 rings (SSSR count). The Balaban J connectivity index is 1.61. The molecule has 1 N–H and O–H groups in total. The highest BCUT2D eigenvalue weighted by atomic mass is 16.2. The summed E-state index contributed by atoms with van der Waals surface area (Å²) in [5, 5.41) is 3.45. The van der Waals surface area contributed by atoms with Crippen molar-refractivity contribution in [3.63, 3.8) is 0 Å². The third kappa shape index (κ3) is 4.76. The largest absolute Gasteiger partial charge is 0.341 e. The Bertz CT molecular complexity index is 291. The monoisotopic (exact) mass is 280 g/mol. The van der Waals surface area contributed by atoms with Crippen molar-refractivity contribution >= 4 is 5.91 Å². The van der Waals surface area contributed by atoms with Crippen LogP contribution in [-0.2, 0) is 4.79 Å². The summed E-state index contributed by atoms with van der Waals surface area (Å²) in [4.78, 5) is 14.3.